The van der Waals surface area contributed by atoms with E-state index in [1.165, 1.54) is 14.9 Å². The second kappa shape index (κ2) is 8.78. The fourth-order valence-corrected chi connectivity index (χ4v) is 3.35. The smallest absolute Gasteiger partial charge is 0.0311 e. The molecule has 1 unspecified atom stereocenters. The van der Waals surface area contributed by atoms with Crippen molar-refractivity contribution < 1.29 is 0 Å². The fourth-order valence-electron chi connectivity index (χ4n) is 1.72. The lowest BCUT2D eigenvalue weighted by Gasteiger charge is -2.18. The molecule has 0 aliphatic heterocycles. The van der Waals surface area contributed by atoms with Gasteiger partial charge in [-0.25, -0.2) is 0 Å². The summed E-state index contributed by atoms with van der Waals surface area (Å²) < 4.78 is 1.18. The Bertz CT molecular complexity index is 379. The van der Waals surface area contributed by atoms with Crippen LogP contribution in [0, 0.1) is 0 Å². The SMILES string of the molecule is C=C(CC)CC(CSc1ccccc1Br)NCC. The van der Waals surface area contributed by atoms with Gasteiger partial charge in [-0.05, 0) is 47.4 Å². The predicted molar refractivity (Wildman–Crippen MR) is 86.4 cm³/mol. The van der Waals surface area contributed by atoms with E-state index in [0.717, 1.165) is 25.1 Å². The molecule has 0 saturated heterocycles. The summed E-state index contributed by atoms with van der Waals surface area (Å²) in [6.45, 7) is 9.45. The molecular weight excluding hydrogens is 306 g/mol. The van der Waals surface area contributed by atoms with Crippen LogP contribution < -0.4 is 5.32 Å². The van der Waals surface area contributed by atoms with Gasteiger partial charge in [0.2, 0.25) is 0 Å². The zero-order valence-electron chi connectivity index (χ0n) is 11.2. The number of benzene rings is 1. The van der Waals surface area contributed by atoms with E-state index >= 15 is 0 Å². The Morgan fingerprint density at radius 2 is 2.11 bits per heavy atom. The van der Waals surface area contributed by atoms with Crippen LogP contribution >= 0.6 is 27.7 Å². The molecule has 0 aromatic heterocycles. The zero-order valence-corrected chi connectivity index (χ0v) is 13.6. The zero-order chi connectivity index (χ0) is 13.4. The lowest BCUT2D eigenvalue weighted by molar-refractivity contribution is 0.565. The van der Waals surface area contributed by atoms with Crippen LogP contribution in [0.2, 0.25) is 0 Å². The number of hydrogen-bond acceptors (Lipinski definition) is 2. The van der Waals surface area contributed by atoms with E-state index in [9.17, 15) is 0 Å². The Balaban J connectivity index is 2.51. The second-order valence-electron chi connectivity index (χ2n) is 4.30. The molecule has 1 aromatic carbocycles. The first-order valence-corrected chi connectivity index (χ1v) is 8.22. The van der Waals surface area contributed by atoms with Gasteiger partial charge >= 0.3 is 0 Å². The van der Waals surface area contributed by atoms with E-state index in [1.54, 1.807) is 0 Å². The van der Waals surface area contributed by atoms with Crippen molar-refractivity contribution in [2.45, 2.75) is 37.6 Å². The Morgan fingerprint density at radius 3 is 2.72 bits per heavy atom. The Morgan fingerprint density at radius 1 is 1.39 bits per heavy atom. The monoisotopic (exact) mass is 327 g/mol. The third kappa shape index (κ3) is 5.59. The molecule has 0 spiro atoms. The average molecular weight is 328 g/mol. The summed E-state index contributed by atoms with van der Waals surface area (Å²) >= 11 is 5.49. The maximum atomic E-state index is 4.11. The molecule has 0 amide bonds. The van der Waals surface area contributed by atoms with Crippen molar-refractivity contribution in [1.29, 1.82) is 0 Å². The van der Waals surface area contributed by atoms with Gasteiger partial charge in [0.15, 0.2) is 0 Å². The molecule has 18 heavy (non-hydrogen) atoms. The minimum absolute atomic E-state index is 0.513. The molecule has 1 atom stereocenters. The molecule has 100 valence electrons. The van der Waals surface area contributed by atoms with Crippen LogP contribution in [0.3, 0.4) is 0 Å². The molecule has 3 heteroatoms. The first kappa shape index (κ1) is 15.8. The van der Waals surface area contributed by atoms with E-state index in [2.05, 4.69) is 65.9 Å². The van der Waals surface area contributed by atoms with Gasteiger partial charge in [-0.15, -0.1) is 11.8 Å². The number of rotatable bonds is 8. The minimum Gasteiger partial charge on any atom is -0.313 e. The van der Waals surface area contributed by atoms with Gasteiger partial charge in [-0.1, -0.05) is 38.1 Å². The summed E-state index contributed by atoms with van der Waals surface area (Å²) in [6.07, 6.45) is 2.14. The van der Waals surface area contributed by atoms with Crippen LogP contribution in [0.4, 0.5) is 0 Å². The molecule has 0 heterocycles. The molecule has 0 saturated carbocycles. The fraction of sp³-hybridized carbons (Fsp3) is 0.467. The van der Waals surface area contributed by atoms with Crippen molar-refractivity contribution in [2.24, 2.45) is 0 Å². The summed E-state index contributed by atoms with van der Waals surface area (Å²) in [5.41, 5.74) is 1.33. The quantitative estimate of drug-likeness (QED) is 0.539. The van der Waals surface area contributed by atoms with Gasteiger partial charge in [-0.3, -0.25) is 0 Å². The Kier molecular flexibility index (Phi) is 7.71. The van der Waals surface area contributed by atoms with Crippen molar-refractivity contribution >= 4 is 27.7 Å². The summed E-state index contributed by atoms with van der Waals surface area (Å²) in [5.74, 6) is 1.08. The van der Waals surface area contributed by atoms with Crippen LogP contribution in [-0.4, -0.2) is 18.3 Å². The molecule has 0 aliphatic carbocycles. The van der Waals surface area contributed by atoms with Gasteiger partial charge in [0.05, 0.1) is 0 Å². The predicted octanol–water partition coefficient (Wildman–Crippen LogP) is 4.88. The molecule has 0 aliphatic rings. The topological polar surface area (TPSA) is 12.0 Å². The molecule has 1 rings (SSSR count). The van der Waals surface area contributed by atoms with Crippen molar-refractivity contribution in [3.8, 4) is 0 Å². The highest BCUT2D eigenvalue weighted by atomic mass is 79.9. The molecule has 1 aromatic rings. The van der Waals surface area contributed by atoms with Gasteiger partial charge in [0, 0.05) is 21.2 Å². The molecule has 0 fully saturated rings. The standard InChI is InChI=1S/C15H22BrNS/c1-4-12(3)10-13(17-5-2)11-18-15-9-7-6-8-14(15)16/h6-9,13,17H,3-5,10-11H2,1-2H3. The van der Waals surface area contributed by atoms with Crippen LogP contribution in [0.15, 0.2) is 45.8 Å². The lowest BCUT2D eigenvalue weighted by Crippen LogP contribution is -2.31. The average Bonchev–Trinajstić information content (AvgIpc) is 2.37. The van der Waals surface area contributed by atoms with Crippen LogP contribution in [0.25, 0.3) is 0 Å². The molecule has 1 N–H and O–H groups in total. The molecule has 0 bridgehead atoms. The number of thioether (sulfide) groups is 1. The van der Waals surface area contributed by atoms with Gasteiger partial charge in [-0.2, -0.15) is 0 Å². The highest BCUT2D eigenvalue weighted by molar-refractivity contribution is 9.10. The van der Waals surface area contributed by atoms with E-state index in [-0.39, 0.29) is 0 Å². The van der Waals surface area contributed by atoms with Crippen molar-refractivity contribution in [1.82, 2.24) is 5.32 Å². The molecule has 1 nitrogen and oxygen atoms in total. The number of nitrogens with one attached hydrogen (secondary N) is 1. The van der Waals surface area contributed by atoms with E-state index < -0.39 is 0 Å². The maximum Gasteiger partial charge on any atom is 0.0311 e. The second-order valence-corrected chi connectivity index (χ2v) is 6.22. The minimum atomic E-state index is 0.513. The Hall–Kier alpha value is -0.250. The summed E-state index contributed by atoms with van der Waals surface area (Å²) in [6, 6.07) is 8.90. The highest BCUT2D eigenvalue weighted by Gasteiger charge is 2.10. The summed E-state index contributed by atoms with van der Waals surface area (Å²) in [7, 11) is 0. The van der Waals surface area contributed by atoms with Gasteiger partial charge in [0.1, 0.15) is 0 Å². The largest absolute Gasteiger partial charge is 0.313 e. The third-order valence-corrected chi connectivity index (χ3v) is 4.99. The third-order valence-electron chi connectivity index (χ3n) is 2.80. The van der Waals surface area contributed by atoms with Crippen LogP contribution in [0.1, 0.15) is 26.7 Å². The summed E-state index contributed by atoms with van der Waals surface area (Å²) in [5, 5.41) is 3.54. The first-order valence-electron chi connectivity index (χ1n) is 6.44. The van der Waals surface area contributed by atoms with E-state index in [0.29, 0.717) is 6.04 Å². The Labute approximate surface area is 124 Å². The van der Waals surface area contributed by atoms with Crippen LogP contribution in [0.5, 0.6) is 0 Å². The summed E-state index contributed by atoms with van der Waals surface area (Å²) in [4.78, 5) is 1.31. The number of hydrogen-bond donors (Lipinski definition) is 1. The van der Waals surface area contributed by atoms with Gasteiger partial charge < -0.3 is 5.32 Å². The first-order chi connectivity index (χ1) is 8.67. The lowest BCUT2D eigenvalue weighted by atomic mass is 10.1. The van der Waals surface area contributed by atoms with E-state index in [4.69, 9.17) is 0 Å². The van der Waals surface area contributed by atoms with Crippen molar-refractivity contribution in [2.75, 3.05) is 12.3 Å². The maximum absolute atomic E-state index is 4.11. The molecule has 0 radical (unpaired) electrons. The highest BCUT2D eigenvalue weighted by Crippen LogP contribution is 2.28. The van der Waals surface area contributed by atoms with Crippen molar-refractivity contribution in [3.05, 3.63) is 40.9 Å². The number of halogens is 1. The normalized spacial score (nSPS) is 12.4. The van der Waals surface area contributed by atoms with Gasteiger partial charge in [0.25, 0.3) is 0 Å². The van der Waals surface area contributed by atoms with Crippen molar-refractivity contribution in [3.63, 3.8) is 0 Å². The molecular formula is C15H22BrNS. The van der Waals surface area contributed by atoms with E-state index in [1.807, 2.05) is 11.8 Å². The van der Waals surface area contributed by atoms with Crippen LogP contribution in [-0.2, 0) is 0 Å².